The third-order valence-electron chi connectivity index (χ3n) is 9.77. The SMILES string of the molecule is CC1C[C@H]2[C@@H]3CC(F)C4=CC(=O)C(=O)C[C@]4(C)C3(F)CC[C@]2(C)C1(OC(=O)c1ccco1)C(=O)S. The van der Waals surface area contributed by atoms with Gasteiger partial charge in [-0.05, 0) is 55.4 Å². The molecule has 0 saturated heterocycles. The van der Waals surface area contributed by atoms with Crippen LogP contribution in [0.25, 0.3) is 0 Å². The number of rotatable bonds is 3. The number of carbonyl (C=O) groups is 4. The summed E-state index contributed by atoms with van der Waals surface area (Å²) in [4.78, 5) is 50.4. The van der Waals surface area contributed by atoms with E-state index in [1.807, 2.05) is 0 Å². The Hall–Kier alpha value is -2.29. The Bertz CT molecular complexity index is 1160. The molecule has 0 radical (unpaired) electrons. The van der Waals surface area contributed by atoms with E-state index in [-0.39, 0.29) is 37.0 Å². The molecule has 0 amide bonds. The second-order valence-electron chi connectivity index (χ2n) is 11.1. The van der Waals surface area contributed by atoms with Gasteiger partial charge in [-0.2, -0.15) is 0 Å². The van der Waals surface area contributed by atoms with Crippen molar-refractivity contribution in [1.82, 2.24) is 0 Å². The lowest BCUT2D eigenvalue weighted by atomic mass is 9.44. The topological polar surface area (TPSA) is 90.7 Å². The molecule has 35 heavy (non-hydrogen) atoms. The number of furan rings is 1. The van der Waals surface area contributed by atoms with E-state index in [9.17, 15) is 19.2 Å². The molecule has 1 heterocycles. The quantitative estimate of drug-likeness (QED) is 0.365. The summed E-state index contributed by atoms with van der Waals surface area (Å²) in [6, 6.07) is 2.95. The van der Waals surface area contributed by atoms with Crippen molar-refractivity contribution >= 4 is 35.3 Å². The van der Waals surface area contributed by atoms with Crippen LogP contribution in [0.4, 0.5) is 8.78 Å². The van der Waals surface area contributed by atoms with Crippen LogP contribution < -0.4 is 0 Å². The Balaban J connectivity index is 1.59. The van der Waals surface area contributed by atoms with Crippen molar-refractivity contribution in [3.63, 3.8) is 0 Å². The van der Waals surface area contributed by atoms with Gasteiger partial charge in [-0.3, -0.25) is 14.4 Å². The van der Waals surface area contributed by atoms with E-state index in [2.05, 4.69) is 12.6 Å². The van der Waals surface area contributed by atoms with Gasteiger partial charge in [0, 0.05) is 29.1 Å². The van der Waals surface area contributed by atoms with Gasteiger partial charge in [0.2, 0.25) is 22.4 Å². The van der Waals surface area contributed by atoms with Crippen molar-refractivity contribution in [3.05, 3.63) is 35.8 Å². The summed E-state index contributed by atoms with van der Waals surface area (Å²) in [5.41, 5.74) is -6.03. The van der Waals surface area contributed by atoms with Crippen LogP contribution in [0.15, 0.2) is 34.5 Å². The molecule has 4 aliphatic carbocycles. The molecular weight excluding hydrogens is 478 g/mol. The van der Waals surface area contributed by atoms with Crippen LogP contribution in [-0.2, 0) is 19.1 Å². The van der Waals surface area contributed by atoms with Crippen molar-refractivity contribution in [2.24, 2.45) is 28.6 Å². The van der Waals surface area contributed by atoms with Crippen LogP contribution in [0, 0.1) is 28.6 Å². The summed E-state index contributed by atoms with van der Waals surface area (Å²) in [7, 11) is 0. The minimum atomic E-state index is -1.96. The minimum Gasteiger partial charge on any atom is -0.457 e. The fourth-order valence-electron chi connectivity index (χ4n) is 7.98. The summed E-state index contributed by atoms with van der Waals surface area (Å²) in [6.07, 6.45) is 0.581. The highest BCUT2D eigenvalue weighted by Gasteiger charge is 2.76. The van der Waals surface area contributed by atoms with Gasteiger partial charge >= 0.3 is 5.97 Å². The third-order valence-corrected chi connectivity index (χ3v) is 10.1. The highest BCUT2D eigenvalue weighted by atomic mass is 32.1. The van der Waals surface area contributed by atoms with E-state index in [0.29, 0.717) is 6.42 Å². The molecule has 3 saturated carbocycles. The molecule has 0 aliphatic heterocycles. The largest absolute Gasteiger partial charge is 0.457 e. The molecule has 6 nitrogen and oxygen atoms in total. The molecule has 3 fully saturated rings. The van der Waals surface area contributed by atoms with Crippen LogP contribution in [0.3, 0.4) is 0 Å². The molecule has 1 aromatic rings. The molecular formula is C26H28F2O6S. The number of ether oxygens (including phenoxy) is 1. The van der Waals surface area contributed by atoms with Gasteiger partial charge in [0.1, 0.15) is 11.8 Å². The zero-order chi connectivity index (χ0) is 25.6. The Labute approximate surface area is 207 Å². The number of alkyl halides is 2. The van der Waals surface area contributed by atoms with Gasteiger partial charge < -0.3 is 9.15 Å². The smallest absolute Gasteiger partial charge is 0.375 e. The van der Waals surface area contributed by atoms with Crippen molar-refractivity contribution in [2.45, 2.75) is 70.3 Å². The standard InChI is InChI=1S/C26H28F2O6S/c1-13-9-14-15-10-17(27)16-11-18(29)19(30)12-24(16,3)25(15,28)7-6-23(14,2)26(13,22(32)35)34-21(31)20-5-4-8-33-20/h4-5,8,11,13-15,17H,6-7,9-10,12H2,1-3H3,(H,32,35)/t13?,14-,15-,17?,23-,24-,25?,26?/m0/s1. The molecule has 9 heteroatoms. The molecule has 0 bridgehead atoms. The molecule has 1 aromatic heterocycles. The number of Topliss-reactive ketones (excluding diaryl/α,β-unsaturated/α-hetero) is 1. The Morgan fingerprint density at radius 2 is 1.89 bits per heavy atom. The Morgan fingerprint density at radius 3 is 2.51 bits per heavy atom. The highest BCUT2D eigenvalue weighted by Crippen LogP contribution is 2.72. The maximum absolute atomic E-state index is 17.2. The molecule has 8 atom stereocenters. The summed E-state index contributed by atoms with van der Waals surface area (Å²) in [6.45, 7) is 5.09. The summed E-state index contributed by atoms with van der Waals surface area (Å²) < 4.78 is 43.8. The first-order chi connectivity index (χ1) is 16.3. The first-order valence-corrected chi connectivity index (χ1v) is 12.4. The maximum Gasteiger partial charge on any atom is 0.375 e. The Kier molecular flexibility index (Phi) is 5.30. The van der Waals surface area contributed by atoms with Crippen LogP contribution in [-0.4, -0.2) is 40.1 Å². The number of hydrogen-bond acceptors (Lipinski definition) is 6. The van der Waals surface area contributed by atoms with Gasteiger partial charge in [0.25, 0.3) is 0 Å². The molecule has 0 aromatic carbocycles. The molecule has 5 rings (SSSR count). The third kappa shape index (κ3) is 2.93. The molecule has 0 N–H and O–H groups in total. The lowest BCUT2D eigenvalue weighted by molar-refractivity contribution is -0.187. The zero-order valence-corrected chi connectivity index (χ0v) is 20.7. The van der Waals surface area contributed by atoms with Crippen LogP contribution in [0.5, 0.6) is 0 Å². The predicted molar refractivity (Wildman–Crippen MR) is 123 cm³/mol. The second kappa shape index (κ2) is 7.60. The number of allylic oxidation sites excluding steroid dienone is 1. The van der Waals surface area contributed by atoms with Crippen molar-refractivity contribution < 1.29 is 37.1 Å². The van der Waals surface area contributed by atoms with E-state index >= 15 is 8.78 Å². The van der Waals surface area contributed by atoms with E-state index in [4.69, 9.17) is 9.15 Å². The summed E-state index contributed by atoms with van der Waals surface area (Å²) in [5.74, 6) is -4.25. The first-order valence-electron chi connectivity index (χ1n) is 11.9. The van der Waals surface area contributed by atoms with Crippen LogP contribution in [0.2, 0.25) is 0 Å². The average molecular weight is 507 g/mol. The monoisotopic (exact) mass is 506 g/mol. The second-order valence-corrected chi connectivity index (χ2v) is 11.5. The highest BCUT2D eigenvalue weighted by molar-refractivity contribution is 7.96. The lowest BCUT2D eigenvalue weighted by Crippen LogP contribution is -2.66. The molecule has 4 aliphatic rings. The molecule has 0 spiro atoms. The number of halogens is 2. The Morgan fingerprint density at radius 1 is 1.17 bits per heavy atom. The fourth-order valence-corrected chi connectivity index (χ4v) is 8.50. The number of esters is 1. The van der Waals surface area contributed by atoms with Gasteiger partial charge in [-0.25, -0.2) is 13.6 Å². The number of fused-ring (bicyclic) bond motifs is 5. The zero-order valence-electron chi connectivity index (χ0n) is 19.8. The number of thiol groups is 1. The van der Waals surface area contributed by atoms with E-state index in [0.717, 1.165) is 6.08 Å². The number of ketones is 2. The predicted octanol–water partition coefficient (Wildman–Crippen LogP) is 4.63. The number of hydrogen-bond donors (Lipinski definition) is 1. The van der Waals surface area contributed by atoms with Gasteiger partial charge in [-0.1, -0.05) is 20.8 Å². The van der Waals surface area contributed by atoms with Crippen LogP contribution in [0.1, 0.15) is 63.4 Å². The normalized spacial score (nSPS) is 44.7. The molecule has 188 valence electrons. The summed E-state index contributed by atoms with van der Waals surface area (Å²) >= 11 is 4.14. The van der Waals surface area contributed by atoms with Crippen molar-refractivity contribution in [2.75, 3.05) is 0 Å². The van der Waals surface area contributed by atoms with Crippen molar-refractivity contribution in [3.8, 4) is 0 Å². The van der Waals surface area contributed by atoms with Crippen molar-refractivity contribution in [1.29, 1.82) is 0 Å². The number of carbonyl (C=O) groups excluding carboxylic acids is 4. The van der Waals surface area contributed by atoms with E-state index in [1.54, 1.807) is 13.8 Å². The minimum absolute atomic E-state index is 0.0521. The van der Waals surface area contributed by atoms with E-state index < -0.39 is 68.7 Å². The fraction of sp³-hybridized carbons (Fsp3) is 0.615. The lowest BCUT2D eigenvalue weighted by Gasteiger charge is -2.62. The van der Waals surface area contributed by atoms with E-state index in [1.165, 1.54) is 25.3 Å². The summed E-state index contributed by atoms with van der Waals surface area (Å²) in [5, 5.41) is -0.640. The van der Waals surface area contributed by atoms with Gasteiger partial charge in [0.05, 0.1) is 6.26 Å². The molecule has 4 unspecified atom stereocenters. The van der Waals surface area contributed by atoms with Gasteiger partial charge in [-0.15, -0.1) is 12.6 Å². The van der Waals surface area contributed by atoms with Gasteiger partial charge in [0.15, 0.2) is 5.60 Å². The maximum atomic E-state index is 17.2. The first kappa shape index (κ1) is 24.4. The average Bonchev–Trinajstić information content (AvgIpc) is 3.39. The van der Waals surface area contributed by atoms with Crippen LogP contribution >= 0.6 is 12.6 Å².